The minimum absolute atomic E-state index is 0.0812. The van der Waals surface area contributed by atoms with Crippen LogP contribution in [-0.4, -0.2) is 34.7 Å². The number of nitrogens with one attached hydrogen (secondary N) is 2. The van der Waals surface area contributed by atoms with Gasteiger partial charge in [0.2, 0.25) is 0 Å². The number of rotatable bonds is 8. The maximum absolute atomic E-state index is 12.2. The normalized spacial score (nSPS) is 11.2. The van der Waals surface area contributed by atoms with Crippen molar-refractivity contribution < 1.29 is 9.90 Å². The third-order valence-corrected chi connectivity index (χ3v) is 3.99. The fourth-order valence-electron chi connectivity index (χ4n) is 2.42. The average molecular weight is 341 g/mol. The molecule has 0 atom stereocenters. The summed E-state index contributed by atoms with van der Waals surface area (Å²) in [5.74, 6) is -0.0812. The fraction of sp³-hybridized carbons (Fsp3) is 0.400. The van der Waals surface area contributed by atoms with Crippen molar-refractivity contribution in [1.82, 2.24) is 10.3 Å². The van der Waals surface area contributed by atoms with Crippen LogP contribution in [0.2, 0.25) is 0 Å². The molecule has 0 bridgehead atoms. The molecule has 0 fully saturated rings. The molecule has 2 rings (SSSR count). The van der Waals surface area contributed by atoms with Gasteiger partial charge in [-0.15, -0.1) is 0 Å². The highest BCUT2D eigenvalue weighted by atomic mass is 16.3. The van der Waals surface area contributed by atoms with Crippen LogP contribution in [0.3, 0.4) is 0 Å². The molecule has 2 aromatic rings. The van der Waals surface area contributed by atoms with Crippen molar-refractivity contribution in [3.63, 3.8) is 0 Å². The Kier molecular flexibility index (Phi) is 6.53. The van der Waals surface area contributed by atoms with Crippen LogP contribution >= 0.6 is 0 Å². The van der Waals surface area contributed by atoms with E-state index in [2.05, 4.69) is 15.6 Å². The van der Waals surface area contributed by atoms with Crippen molar-refractivity contribution in [2.45, 2.75) is 39.2 Å². The molecule has 1 amide bonds. The largest absolute Gasteiger partial charge is 0.390 e. The summed E-state index contributed by atoms with van der Waals surface area (Å²) in [6, 6.07) is 9.47. The van der Waals surface area contributed by atoms with Crippen LogP contribution in [0.4, 0.5) is 5.69 Å². The molecule has 0 aliphatic carbocycles. The first kappa shape index (κ1) is 18.9. The van der Waals surface area contributed by atoms with Gasteiger partial charge in [-0.1, -0.05) is 12.1 Å². The first-order valence-electron chi connectivity index (χ1n) is 8.59. The Morgan fingerprint density at radius 2 is 1.88 bits per heavy atom. The van der Waals surface area contributed by atoms with Crippen LogP contribution in [0.1, 0.15) is 41.8 Å². The van der Waals surface area contributed by atoms with Gasteiger partial charge in [0.05, 0.1) is 5.60 Å². The van der Waals surface area contributed by atoms with Crippen LogP contribution in [0, 0.1) is 6.92 Å². The van der Waals surface area contributed by atoms with Gasteiger partial charge in [-0.25, -0.2) is 0 Å². The van der Waals surface area contributed by atoms with Crippen LogP contribution in [0.25, 0.3) is 0 Å². The maximum Gasteiger partial charge on any atom is 0.251 e. The molecule has 1 aromatic carbocycles. The highest BCUT2D eigenvalue weighted by Crippen LogP contribution is 2.14. The molecule has 5 nitrogen and oxygen atoms in total. The number of hydrogen-bond acceptors (Lipinski definition) is 4. The van der Waals surface area contributed by atoms with Crippen LogP contribution in [0.5, 0.6) is 0 Å². The van der Waals surface area contributed by atoms with E-state index < -0.39 is 5.60 Å². The number of carbonyl (C=O) groups excluding carboxylic acids is 1. The van der Waals surface area contributed by atoms with E-state index in [4.69, 9.17) is 0 Å². The lowest BCUT2D eigenvalue weighted by atomic mass is 9.98. The number of anilines is 1. The lowest BCUT2D eigenvalue weighted by molar-refractivity contribution is 0.0713. The molecule has 1 aromatic heterocycles. The smallest absolute Gasteiger partial charge is 0.251 e. The molecule has 3 N–H and O–H groups in total. The maximum atomic E-state index is 12.2. The Hall–Kier alpha value is -2.40. The Balaban J connectivity index is 1.76. The van der Waals surface area contributed by atoms with E-state index in [-0.39, 0.29) is 5.91 Å². The second kappa shape index (κ2) is 8.62. The van der Waals surface area contributed by atoms with E-state index in [1.807, 2.05) is 37.3 Å². The highest BCUT2D eigenvalue weighted by Gasteiger charge is 2.12. The predicted octanol–water partition coefficient (Wildman–Crippen LogP) is 2.94. The number of hydrogen-bond donors (Lipinski definition) is 3. The molecular weight excluding hydrogens is 314 g/mol. The minimum Gasteiger partial charge on any atom is -0.390 e. The summed E-state index contributed by atoms with van der Waals surface area (Å²) in [6.07, 6.45) is 5.03. The lowest BCUT2D eigenvalue weighted by Gasteiger charge is -2.16. The number of aromatic nitrogens is 1. The topological polar surface area (TPSA) is 74.2 Å². The molecule has 0 saturated carbocycles. The second-order valence-corrected chi connectivity index (χ2v) is 6.88. The Labute approximate surface area is 149 Å². The number of amides is 1. The zero-order valence-corrected chi connectivity index (χ0v) is 15.2. The molecule has 0 unspecified atom stereocenters. The van der Waals surface area contributed by atoms with Gasteiger partial charge in [-0.3, -0.25) is 9.78 Å². The predicted molar refractivity (Wildman–Crippen MR) is 101 cm³/mol. The number of aliphatic hydroxyl groups is 1. The summed E-state index contributed by atoms with van der Waals surface area (Å²) < 4.78 is 0. The van der Waals surface area contributed by atoms with Crippen molar-refractivity contribution in [3.05, 3.63) is 59.4 Å². The van der Waals surface area contributed by atoms with Crippen molar-refractivity contribution in [2.75, 3.05) is 18.4 Å². The van der Waals surface area contributed by atoms with E-state index in [0.29, 0.717) is 25.1 Å². The molecule has 0 aliphatic heterocycles. The summed E-state index contributed by atoms with van der Waals surface area (Å²) >= 11 is 0. The molecule has 0 spiro atoms. The van der Waals surface area contributed by atoms with Crippen LogP contribution in [0.15, 0.2) is 42.7 Å². The third kappa shape index (κ3) is 6.55. The number of pyridine rings is 1. The van der Waals surface area contributed by atoms with E-state index in [0.717, 1.165) is 23.2 Å². The van der Waals surface area contributed by atoms with Gasteiger partial charge < -0.3 is 15.7 Å². The van der Waals surface area contributed by atoms with Gasteiger partial charge in [-0.2, -0.15) is 0 Å². The second-order valence-electron chi connectivity index (χ2n) is 6.88. The average Bonchev–Trinajstić information content (AvgIpc) is 2.58. The monoisotopic (exact) mass is 341 g/mol. The SMILES string of the molecule is Cc1cnccc1NCCNC(=O)c1ccc(CCC(C)(C)O)cc1. The Morgan fingerprint density at radius 1 is 1.16 bits per heavy atom. The first-order valence-corrected chi connectivity index (χ1v) is 8.59. The molecule has 5 heteroatoms. The Bertz CT molecular complexity index is 691. The van der Waals surface area contributed by atoms with Gasteiger partial charge in [0, 0.05) is 36.7 Å². The van der Waals surface area contributed by atoms with E-state index in [1.54, 1.807) is 26.2 Å². The van der Waals surface area contributed by atoms with Crippen LogP contribution in [-0.2, 0) is 6.42 Å². The standard InChI is InChI=1S/C20H27N3O2/c1-15-14-21-11-9-18(15)22-12-13-23-19(24)17-6-4-16(5-7-17)8-10-20(2,3)25/h4-7,9,11,14,25H,8,10,12-13H2,1-3H3,(H,21,22)(H,23,24). The van der Waals surface area contributed by atoms with Gasteiger partial charge in [-0.05, 0) is 62.9 Å². The van der Waals surface area contributed by atoms with Crippen molar-refractivity contribution >= 4 is 11.6 Å². The molecule has 1 heterocycles. The molecule has 134 valence electrons. The molecule has 25 heavy (non-hydrogen) atoms. The van der Waals surface area contributed by atoms with Crippen molar-refractivity contribution in [2.24, 2.45) is 0 Å². The van der Waals surface area contributed by atoms with Crippen molar-refractivity contribution in [1.29, 1.82) is 0 Å². The summed E-state index contributed by atoms with van der Waals surface area (Å²) in [5.41, 5.74) is 3.20. The molecule has 0 radical (unpaired) electrons. The zero-order chi connectivity index (χ0) is 18.3. The van der Waals surface area contributed by atoms with Crippen LogP contribution < -0.4 is 10.6 Å². The third-order valence-electron chi connectivity index (χ3n) is 3.99. The van der Waals surface area contributed by atoms with Crippen molar-refractivity contribution in [3.8, 4) is 0 Å². The number of carbonyl (C=O) groups is 1. The van der Waals surface area contributed by atoms with Gasteiger partial charge in [0.1, 0.15) is 0 Å². The number of nitrogens with zero attached hydrogens (tertiary/aromatic N) is 1. The van der Waals surface area contributed by atoms with E-state index in [9.17, 15) is 9.90 Å². The zero-order valence-electron chi connectivity index (χ0n) is 15.2. The quantitative estimate of drug-likeness (QED) is 0.646. The Morgan fingerprint density at radius 3 is 2.52 bits per heavy atom. The summed E-state index contributed by atoms with van der Waals surface area (Å²) in [6.45, 7) is 6.79. The molecule has 0 saturated heterocycles. The van der Waals surface area contributed by atoms with E-state index in [1.165, 1.54) is 0 Å². The van der Waals surface area contributed by atoms with Gasteiger partial charge in [0.25, 0.3) is 5.91 Å². The van der Waals surface area contributed by atoms with Gasteiger partial charge >= 0.3 is 0 Å². The minimum atomic E-state index is -0.670. The summed E-state index contributed by atoms with van der Waals surface area (Å²) in [4.78, 5) is 16.2. The highest BCUT2D eigenvalue weighted by molar-refractivity contribution is 5.94. The first-order chi connectivity index (χ1) is 11.8. The summed E-state index contributed by atoms with van der Waals surface area (Å²) in [5, 5.41) is 16.0. The number of benzene rings is 1. The summed E-state index contributed by atoms with van der Waals surface area (Å²) in [7, 11) is 0. The molecule has 0 aliphatic rings. The lowest BCUT2D eigenvalue weighted by Crippen LogP contribution is -2.28. The number of aryl methyl sites for hydroxylation is 2. The van der Waals surface area contributed by atoms with E-state index >= 15 is 0 Å². The molecular formula is C20H27N3O2. The fourth-order valence-corrected chi connectivity index (χ4v) is 2.42. The van der Waals surface area contributed by atoms with Gasteiger partial charge in [0.15, 0.2) is 0 Å².